The van der Waals surface area contributed by atoms with Crippen molar-refractivity contribution in [3.63, 3.8) is 0 Å². The van der Waals surface area contributed by atoms with Gasteiger partial charge in [-0.1, -0.05) is 48.5 Å². The Hall–Kier alpha value is -4.13. The average molecular weight is 401 g/mol. The first-order valence-electron chi connectivity index (χ1n) is 9.32. The summed E-state index contributed by atoms with van der Waals surface area (Å²) in [7, 11) is 1.27. The summed E-state index contributed by atoms with van der Waals surface area (Å²) >= 11 is 0. The molecule has 2 N–H and O–H groups in total. The summed E-state index contributed by atoms with van der Waals surface area (Å²) in [4.78, 5) is 38.1. The maximum absolute atomic E-state index is 12.6. The average Bonchev–Trinajstić information content (AvgIpc) is 3.09. The normalized spacial score (nSPS) is 11.4. The van der Waals surface area contributed by atoms with Gasteiger partial charge in [0.05, 0.1) is 0 Å². The summed E-state index contributed by atoms with van der Waals surface area (Å²) in [5.41, 5.74) is 0.776. The van der Waals surface area contributed by atoms with Crippen molar-refractivity contribution in [2.24, 2.45) is 7.05 Å². The first kappa shape index (κ1) is 19.2. The number of aromatic nitrogens is 3. The number of allylic oxidation sites excluding steroid dienone is 1. The SMILES string of the molecule is Cn1c(O)c(C(=O)C=Cc2cn(Cc3ccccc3)c3ccccc23)c(=O)[nH]c1=O. The van der Waals surface area contributed by atoms with Crippen LogP contribution in [0.4, 0.5) is 0 Å². The molecule has 0 spiro atoms. The Balaban J connectivity index is 1.72. The van der Waals surface area contributed by atoms with Crippen LogP contribution < -0.4 is 11.2 Å². The zero-order valence-electron chi connectivity index (χ0n) is 16.2. The van der Waals surface area contributed by atoms with E-state index in [4.69, 9.17) is 0 Å². The van der Waals surface area contributed by atoms with Gasteiger partial charge in [0.15, 0.2) is 5.78 Å². The van der Waals surface area contributed by atoms with Gasteiger partial charge in [0.25, 0.3) is 5.56 Å². The van der Waals surface area contributed by atoms with Crippen molar-refractivity contribution in [1.29, 1.82) is 0 Å². The Morgan fingerprint density at radius 3 is 2.53 bits per heavy atom. The fourth-order valence-corrected chi connectivity index (χ4v) is 3.40. The zero-order chi connectivity index (χ0) is 21.3. The Bertz CT molecular complexity index is 1390. The highest BCUT2D eigenvalue weighted by Crippen LogP contribution is 2.24. The molecule has 7 heteroatoms. The van der Waals surface area contributed by atoms with Crippen LogP contribution in [0.25, 0.3) is 17.0 Å². The number of H-pyrrole nitrogens is 1. The lowest BCUT2D eigenvalue weighted by atomic mass is 10.1. The monoisotopic (exact) mass is 401 g/mol. The quantitative estimate of drug-likeness (QED) is 0.397. The van der Waals surface area contributed by atoms with Crippen LogP contribution in [0.2, 0.25) is 0 Å². The molecule has 0 saturated carbocycles. The fourth-order valence-electron chi connectivity index (χ4n) is 3.40. The number of ketones is 1. The zero-order valence-corrected chi connectivity index (χ0v) is 16.2. The lowest BCUT2D eigenvalue weighted by Gasteiger charge is -2.05. The molecule has 0 saturated heterocycles. The van der Waals surface area contributed by atoms with E-state index in [1.807, 2.05) is 65.8 Å². The highest BCUT2D eigenvalue weighted by molar-refractivity contribution is 6.08. The van der Waals surface area contributed by atoms with Crippen molar-refractivity contribution >= 4 is 22.8 Å². The number of hydrogen-bond acceptors (Lipinski definition) is 4. The summed E-state index contributed by atoms with van der Waals surface area (Å²) in [6, 6.07) is 17.8. The summed E-state index contributed by atoms with van der Waals surface area (Å²) in [5, 5.41) is 11.0. The smallest absolute Gasteiger partial charge is 0.330 e. The van der Waals surface area contributed by atoms with Crippen molar-refractivity contribution in [3.05, 3.63) is 104 Å². The molecule has 0 amide bonds. The number of fused-ring (bicyclic) bond motifs is 1. The van der Waals surface area contributed by atoms with Crippen LogP contribution in [0, 0.1) is 0 Å². The second-order valence-electron chi connectivity index (χ2n) is 6.93. The third-order valence-electron chi connectivity index (χ3n) is 4.97. The second-order valence-corrected chi connectivity index (χ2v) is 6.93. The van der Waals surface area contributed by atoms with E-state index in [1.54, 1.807) is 6.08 Å². The van der Waals surface area contributed by atoms with Crippen LogP contribution >= 0.6 is 0 Å². The van der Waals surface area contributed by atoms with Crippen LogP contribution in [0.15, 0.2) is 76.5 Å². The highest BCUT2D eigenvalue weighted by atomic mass is 16.3. The molecule has 0 aliphatic rings. The molecule has 4 rings (SSSR count). The van der Waals surface area contributed by atoms with Gasteiger partial charge in [0.2, 0.25) is 5.88 Å². The van der Waals surface area contributed by atoms with Gasteiger partial charge in [-0.05, 0) is 23.8 Å². The number of nitrogens with zero attached hydrogens (tertiary/aromatic N) is 2. The maximum atomic E-state index is 12.6. The molecule has 0 fully saturated rings. The van der Waals surface area contributed by atoms with E-state index in [0.29, 0.717) is 6.54 Å². The van der Waals surface area contributed by atoms with E-state index in [-0.39, 0.29) is 0 Å². The standard InChI is InChI=1S/C23H19N3O4/c1-25-22(29)20(21(28)24-23(25)30)19(27)12-11-16-14-26(13-15-7-3-2-4-8-15)18-10-6-5-9-17(16)18/h2-12,14,29H,13H2,1H3,(H,24,28,30). The minimum absolute atomic E-state index is 0.471. The van der Waals surface area contributed by atoms with Crippen molar-refractivity contribution in [2.45, 2.75) is 6.54 Å². The summed E-state index contributed by atoms with van der Waals surface area (Å²) in [5.74, 6) is -1.35. The Kier molecular flexibility index (Phi) is 4.93. The molecule has 150 valence electrons. The van der Waals surface area contributed by atoms with Crippen LogP contribution in [-0.2, 0) is 13.6 Å². The molecular weight excluding hydrogens is 382 g/mol. The fraction of sp³-hybridized carbons (Fsp3) is 0.0870. The summed E-state index contributed by atoms with van der Waals surface area (Å²) in [6.07, 6.45) is 4.77. The van der Waals surface area contributed by atoms with Gasteiger partial charge in [-0.2, -0.15) is 0 Å². The van der Waals surface area contributed by atoms with Crippen LogP contribution in [0.5, 0.6) is 5.88 Å². The minimum atomic E-state index is -0.920. The highest BCUT2D eigenvalue weighted by Gasteiger charge is 2.17. The first-order chi connectivity index (χ1) is 14.5. The number of aromatic amines is 1. The molecule has 0 radical (unpaired) electrons. The van der Waals surface area contributed by atoms with Crippen LogP contribution in [0.3, 0.4) is 0 Å². The third-order valence-corrected chi connectivity index (χ3v) is 4.97. The molecule has 0 bridgehead atoms. The topological polar surface area (TPSA) is 97.1 Å². The van der Waals surface area contributed by atoms with Gasteiger partial charge in [0, 0.05) is 36.3 Å². The van der Waals surface area contributed by atoms with Gasteiger partial charge in [0.1, 0.15) is 5.56 Å². The molecule has 0 aliphatic heterocycles. The molecule has 0 aliphatic carbocycles. The predicted octanol–water partition coefficient (Wildman–Crippen LogP) is 2.68. The van der Waals surface area contributed by atoms with Crippen molar-refractivity contribution in [2.75, 3.05) is 0 Å². The van der Waals surface area contributed by atoms with Gasteiger partial charge < -0.3 is 9.67 Å². The minimum Gasteiger partial charge on any atom is -0.494 e. The predicted molar refractivity (Wildman–Crippen MR) is 115 cm³/mol. The molecular formula is C23H19N3O4. The second kappa shape index (κ2) is 7.71. The number of carbonyl (C=O) groups excluding carboxylic acids is 1. The molecule has 30 heavy (non-hydrogen) atoms. The van der Waals surface area contributed by atoms with E-state index in [0.717, 1.165) is 26.6 Å². The van der Waals surface area contributed by atoms with Crippen molar-refractivity contribution in [3.8, 4) is 5.88 Å². The lowest BCUT2D eigenvalue weighted by Crippen LogP contribution is -2.32. The first-order valence-corrected chi connectivity index (χ1v) is 9.32. The Morgan fingerprint density at radius 1 is 1.07 bits per heavy atom. The molecule has 2 aromatic heterocycles. The molecule has 0 atom stereocenters. The third kappa shape index (κ3) is 3.48. The van der Waals surface area contributed by atoms with E-state index in [1.165, 1.54) is 13.1 Å². The molecule has 2 aromatic carbocycles. The number of hydrogen-bond donors (Lipinski definition) is 2. The number of carbonyl (C=O) groups is 1. The largest absolute Gasteiger partial charge is 0.494 e. The van der Waals surface area contributed by atoms with E-state index in [2.05, 4.69) is 4.57 Å². The molecule has 4 aromatic rings. The van der Waals surface area contributed by atoms with Crippen LogP contribution in [0.1, 0.15) is 21.5 Å². The van der Waals surface area contributed by atoms with E-state index >= 15 is 0 Å². The lowest BCUT2D eigenvalue weighted by molar-refractivity contribution is 0.104. The van der Waals surface area contributed by atoms with Crippen molar-refractivity contribution < 1.29 is 9.90 Å². The van der Waals surface area contributed by atoms with Crippen LogP contribution in [-0.4, -0.2) is 25.0 Å². The summed E-state index contributed by atoms with van der Waals surface area (Å²) < 4.78 is 2.90. The van der Waals surface area contributed by atoms with Gasteiger partial charge >= 0.3 is 5.69 Å². The number of para-hydroxylation sites is 1. The van der Waals surface area contributed by atoms with Gasteiger partial charge in [-0.15, -0.1) is 0 Å². The number of rotatable bonds is 5. The van der Waals surface area contributed by atoms with Gasteiger partial charge in [-0.3, -0.25) is 19.1 Å². The number of nitrogens with one attached hydrogen (secondary N) is 1. The number of aromatic hydroxyl groups is 1. The maximum Gasteiger partial charge on any atom is 0.330 e. The molecule has 2 heterocycles. The summed E-state index contributed by atoms with van der Waals surface area (Å²) in [6.45, 7) is 0.671. The van der Waals surface area contributed by atoms with Gasteiger partial charge in [-0.25, -0.2) is 4.79 Å². The van der Waals surface area contributed by atoms with E-state index < -0.39 is 28.5 Å². The Morgan fingerprint density at radius 2 is 1.77 bits per heavy atom. The number of benzene rings is 2. The molecule has 7 nitrogen and oxygen atoms in total. The molecule has 0 unspecified atom stereocenters. The van der Waals surface area contributed by atoms with E-state index in [9.17, 15) is 19.5 Å². The van der Waals surface area contributed by atoms with Crippen molar-refractivity contribution in [1.82, 2.24) is 14.1 Å². The Labute approximate surface area is 171 Å².